The molecule has 0 bridgehead atoms. The van der Waals surface area contributed by atoms with Crippen LogP contribution in [0.3, 0.4) is 0 Å². The highest BCUT2D eigenvalue weighted by molar-refractivity contribution is 7.13. The molecular formula is C32H41FN4O7S. The lowest BCUT2D eigenvalue weighted by atomic mass is 9.82. The van der Waals surface area contributed by atoms with E-state index in [0.29, 0.717) is 24.2 Å². The molecule has 244 valence electrons. The molecule has 5 rings (SSSR count). The summed E-state index contributed by atoms with van der Waals surface area (Å²) < 4.78 is 25.6. The summed E-state index contributed by atoms with van der Waals surface area (Å²) in [5.41, 5.74) is 1.53. The second kappa shape index (κ2) is 12.7. The average Bonchev–Trinajstić information content (AvgIpc) is 3.38. The lowest BCUT2D eigenvalue weighted by molar-refractivity contribution is -0.151. The van der Waals surface area contributed by atoms with E-state index in [-0.39, 0.29) is 50.3 Å². The number of rotatable bonds is 10. The van der Waals surface area contributed by atoms with E-state index in [1.54, 1.807) is 26.3 Å². The maximum Gasteiger partial charge on any atom is 0.308 e. The van der Waals surface area contributed by atoms with E-state index in [1.165, 1.54) is 23.3 Å². The summed E-state index contributed by atoms with van der Waals surface area (Å²) in [6, 6.07) is 3.62. The molecule has 0 unspecified atom stereocenters. The van der Waals surface area contributed by atoms with Crippen LogP contribution in [0.2, 0.25) is 0 Å². The molecule has 2 aromatic rings. The number of benzene rings is 1. The van der Waals surface area contributed by atoms with Crippen molar-refractivity contribution in [1.29, 1.82) is 0 Å². The number of amides is 3. The Kier molecular flexibility index (Phi) is 9.23. The van der Waals surface area contributed by atoms with Gasteiger partial charge in [-0.2, -0.15) is 0 Å². The summed E-state index contributed by atoms with van der Waals surface area (Å²) >= 11 is 1.51. The van der Waals surface area contributed by atoms with Crippen molar-refractivity contribution in [2.75, 3.05) is 13.7 Å². The van der Waals surface area contributed by atoms with Crippen LogP contribution in [0.15, 0.2) is 23.7 Å². The molecule has 13 heteroatoms. The number of thiazole rings is 1. The molecule has 2 saturated carbocycles. The number of hydrogen-bond donors (Lipinski definition) is 3. The number of nitrogens with one attached hydrogen (secondary N) is 2. The van der Waals surface area contributed by atoms with E-state index in [9.17, 15) is 28.7 Å². The molecule has 1 saturated heterocycles. The van der Waals surface area contributed by atoms with Crippen LogP contribution in [0, 0.1) is 18.3 Å². The Morgan fingerprint density at radius 1 is 1.20 bits per heavy atom. The van der Waals surface area contributed by atoms with Gasteiger partial charge in [0.2, 0.25) is 11.8 Å². The Bertz CT molecular complexity index is 1460. The maximum absolute atomic E-state index is 14.5. The number of hydrogen-bond acceptors (Lipinski definition) is 9. The summed E-state index contributed by atoms with van der Waals surface area (Å²) in [6.07, 6.45) is 0.172. The van der Waals surface area contributed by atoms with Gasteiger partial charge >= 0.3 is 5.97 Å². The van der Waals surface area contributed by atoms with Crippen molar-refractivity contribution in [1.82, 2.24) is 20.5 Å². The zero-order valence-corrected chi connectivity index (χ0v) is 27.0. The number of carbonyl (C=O) groups excluding carboxylic acids is 4. The van der Waals surface area contributed by atoms with Gasteiger partial charge in [0.25, 0.3) is 5.91 Å². The zero-order chi connectivity index (χ0) is 32.7. The van der Waals surface area contributed by atoms with Crippen molar-refractivity contribution in [2.45, 2.75) is 96.3 Å². The fourth-order valence-corrected chi connectivity index (χ4v) is 6.55. The Morgan fingerprint density at radius 2 is 1.91 bits per heavy atom. The molecule has 3 fully saturated rings. The summed E-state index contributed by atoms with van der Waals surface area (Å²) in [7, 11) is 1.36. The predicted octanol–water partition coefficient (Wildman–Crippen LogP) is 3.06. The largest absolute Gasteiger partial charge is 0.490 e. The summed E-state index contributed by atoms with van der Waals surface area (Å²) in [6.45, 7) is 7.19. The smallest absolute Gasteiger partial charge is 0.308 e. The second-order valence-corrected chi connectivity index (χ2v) is 14.2. The van der Waals surface area contributed by atoms with Crippen LogP contribution in [-0.4, -0.2) is 82.3 Å². The van der Waals surface area contributed by atoms with E-state index < -0.39 is 47.0 Å². The van der Waals surface area contributed by atoms with Gasteiger partial charge in [-0.15, -0.1) is 11.3 Å². The standard InChI is InChI=1S/C32H41FN4O7S/c1-17-25(45-16-35-17)18-6-7-19(24(12-18)44-22-10-20(11-22)29(41)43-5)14-34-27(39)23-13-21(38)15-37(23)28(40)26(31(2,3)4)36-30(42)32(33)8-9-32/h6-7,12,16,20-23,26,38H,8-11,13-15H2,1-5H3,(H,34,39)(H,36,42)/t20?,21-,22?,23+,26-/m1/s1. The summed E-state index contributed by atoms with van der Waals surface area (Å²) in [4.78, 5) is 58.3. The number of carbonyl (C=O) groups is 4. The third kappa shape index (κ3) is 7.14. The molecule has 0 spiro atoms. The van der Waals surface area contributed by atoms with Gasteiger partial charge < -0.3 is 30.1 Å². The highest BCUT2D eigenvalue weighted by Crippen LogP contribution is 2.41. The lowest BCUT2D eigenvalue weighted by Gasteiger charge is -2.35. The number of methoxy groups -OCH3 is 1. The van der Waals surface area contributed by atoms with Crippen molar-refractivity contribution in [3.63, 3.8) is 0 Å². The molecule has 1 aromatic heterocycles. The van der Waals surface area contributed by atoms with Crippen LogP contribution in [0.1, 0.15) is 64.1 Å². The molecule has 45 heavy (non-hydrogen) atoms. The van der Waals surface area contributed by atoms with Crippen molar-refractivity contribution in [3.05, 3.63) is 35.0 Å². The first kappa shape index (κ1) is 32.8. The highest BCUT2D eigenvalue weighted by Gasteiger charge is 2.53. The Labute approximate surface area is 265 Å². The quantitative estimate of drug-likeness (QED) is 0.335. The van der Waals surface area contributed by atoms with Crippen LogP contribution in [-0.2, 0) is 30.5 Å². The van der Waals surface area contributed by atoms with Crippen LogP contribution >= 0.6 is 11.3 Å². The van der Waals surface area contributed by atoms with Crippen molar-refractivity contribution in [3.8, 4) is 16.2 Å². The first-order valence-electron chi connectivity index (χ1n) is 15.2. The number of β-amino-alcohol motifs (C(OH)–C–C–N with tert-alkyl or cyclic N) is 1. The van der Waals surface area contributed by atoms with Crippen LogP contribution in [0.25, 0.3) is 10.4 Å². The topological polar surface area (TPSA) is 147 Å². The predicted molar refractivity (Wildman–Crippen MR) is 164 cm³/mol. The van der Waals surface area contributed by atoms with Gasteiger partial charge in [-0.3, -0.25) is 19.2 Å². The number of aryl methyl sites for hydroxylation is 1. The van der Waals surface area contributed by atoms with E-state index in [4.69, 9.17) is 9.47 Å². The lowest BCUT2D eigenvalue weighted by Crippen LogP contribution is -2.59. The van der Waals surface area contributed by atoms with E-state index in [2.05, 4.69) is 15.6 Å². The molecule has 3 aliphatic rings. The van der Waals surface area contributed by atoms with Crippen molar-refractivity contribution < 1.29 is 38.1 Å². The van der Waals surface area contributed by atoms with Crippen LogP contribution in [0.5, 0.6) is 5.75 Å². The molecular weight excluding hydrogens is 603 g/mol. The third-order valence-corrected chi connectivity index (χ3v) is 9.78. The van der Waals surface area contributed by atoms with E-state index in [0.717, 1.165) is 16.1 Å². The average molecular weight is 645 g/mol. The molecule has 1 aliphatic heterocycles. The van der Waals surface area contributed by atoms with E-state index in [1.807, 2.05) is 25.1 Å². The molecule has 1 aromatic carbocycles. The minimum atomic E-state index is -1.96. The molecule has 2 aliphatic carbocycles. The van der Waals surface area contributed by atoms with Gasteiger partial charge in [-0.25, -0.2) is 9.37 Å². The first-order chi connectivity index (χ1) is 21.2. The number of esters is 1. The molecule has 3 amide bonds. The van der Waals surface area contributed by atoms with Gasteiger partial charge in [-0.1, -0.05) is 32.9 Å². The molecule has 11 nitrogen and oxygen atoms in total. The Morgan fingerprint density at radius 3 is 2.51 bits per heavy atom. The number of nitrogens with zero attached hydrogens (tertiary/aromatic N) is 2. The van der Waals surface area contributed by atoms with E-state index >= 15 is 0 Å². The third-order valence-electron chi connectivity index (χ3n) is 8.80. The number of alkyl halides is 1. The van der Waals surface area contributed by atoms with Gasteiger partial charge in [-0.05, 0) is 49.7 Å². The zero-order valence-electron chi connectivity index (χ0n) is 26.2. The summed E-state index contributed by atoms with van der Waals surface area (Å²) in [5.74, 6) is -1.76. The van der Waals surface area contributed by atoms with Gasteiger partial charge in [0.15, 0.2) is 5.67 Å². The number of aromatic nitrogens is 1. The summed E-state index contributed by atoms with van der Waals surface area (Å²) in [5, 5.41) is 15.9. The normalized spacial score (nSPS) is 24.3. The van der Waals surface area contributed by atoms with Crippen LogP contribution < -0.4 is 15.4 Å². The molecule has 3 N–H and O–H groups in total. The SMILES string of the molecule is COC(=O)C1CC(Oc2cc(-c3scnc3C)ccc2CNC(=O)[C@@H]2C[C@@H](O)CN2C(=O)[C@@H](NC(=O)C2(F)CC2)C(C)(C)C)C1. The van der Waals surface area contributed by atoms with Gasteiger partial charge in [0.1, 0.15) is 23.9 Å². The fraction of sp³-hybridized carbons (Fsp3) is 0.594. The van der Waals surface area contributed by atoms with Crippen molar-refractivity contribution >= 4 is 35.0 Å². The monoisotopic (exact) mass is 644 g/mol. The minimum Gasteiger partial charge on any atom is -0.490 e. The first-order valence-corrected chi connectivity index (χ1v) is 16.1. The van der Waals surface area contributed by atoms with Gasteiger partial charge in [0.05, 0.1) is 35.2 Å². The minimum absolute atomic E-state index is 0.0272. The molecule has 3 atom stereocenters. The highest BCUT2D eigenvalue weighted by atomic mass is 32.1. The van der Waals surface area contributed by atoms with Crippen LogP contribution in [0.4, 0.5) is 4.39 Å². The number of aliphatic hydroxyl groups is 1. The second-order valence-electron chi connectivity index (χ2n) is 13.4. The number of likely N-dealkylation sites (tertiary alicyclic amines) is 1. The Balaban J connectivity index is 1.30. The number of ether oxygens (including phenoxy) is 2. The number of halogens is 1. The number of aliphatic hydroxyl groups excluding tert-OH is 1. The molecule has 2 heterocycles. The maximum atomic E-state index is 14.5. The fourth-order valence-electron chi connectivity index (χ4n) is 5.75. The Hall–Kier alpha value is -3.58. The van der Waals surface area contributed by atoms with Gasteiger partial charge in [0, 0.05) is 25.1 Å². The molecule has 0 radical (unpaired) electrons. The van der Waals surface area contributed by atoms with Crippen molar-refractivity contribution in [2.24, 2.45) is 11.3 Å².